The molecule has 0 unspecified atom stereocenters. The first-order valence-corrected chi connectivity index (χ1v) is 9.95. The number of hydrogen-bond donors (Lipinski definition) is 1. The number of carbonyl (C=O) groups excluding carboxylic acids is 1. The molecule has 1 amide bonds. The number of aromatic amines is 1. The van der Waals surface area contributed by atoms with E-state index in [0.29, 0.717) is 22.5 Å². The number of nitrogens with one attached hydrogen (secondary N) is 1. The number of rotatable bonds is 5. The molecule has 0 atom stereocenters. The van der Waals surface area contributed by atoms with Crippen molar-refractivity contribution in [2.45, 2.75) is 19.4 Å². The second kappa shape index (κ2) is 8.53. The van der Waals surface area contributed by atoms with E-state index >= 15 is 0 Å². The molecule has 7 nitrogen and oxygen atoms in total. The third-order valence-corrected chi connectivity index (χ3v) is 5.51. The summed E-state index contributed by atoms with van der Waals surface area (Å²) >= 11 is 0. The maximum Gasteiger partial charge on any atom is 0.260 e. The highest BCUT2D eigenvalue weighted by molar-refractivity contribution is 5.96. The first kappa shape index (κ1) is 19.3. The molecule has 0 spiro atoms. The summed E-state index contributed by atoms with van der Waals surface area (Å²) in [6.07, 6.45) is 4.79. The molecule has 0 bridgehead atoms. The van der Waals surface area contributed by atoms with Crippen molar-refractivity contribution in [3.8, 4) is 0 Å². The molecule has 1 saturated heterocycles. The molecule has 4 rings (SSSR count). The summed E-state index contributed by atoms with van der Waals surface area (Å²) in [6, 6.07) is 12.1. The number of amides is 1. The monoisotopic (exact) mass is 391 g/mol. The lowest BCUT2D eigenvalue weighted by molar-refractivity contribution is 0.0672. The SMILES string of the molecule is CN(Cc1ccccc1)CC1CCN(C(=O)c2cnc3nc[nH]c(=O)c3c2)CC1. The number of aromatic nitrogens is 3. The van der Waals surface area contributed by atoms with E-state index < -0.39 is 0 Å². The first-order chi connectivity index (χ1) is 14.1. The van der Waals surface area contributed by atoms with Crippen LogP contribution in [0.15, 0.2) is 53.7 Å². The maximum atomic E-state index is 12.9. The highest BCUT2D eigenvalue weighted by Crippen LogP contribution is 2.21. The average molecular weight is 391 g/mol. The second-order valence-corrected chi connectivity index (χ2v) is 7.74. The van der Waals surface area contributed by atoms with Crippen molar-refractivity contribution in [2.24, 2.45) is 5.92 Å². The number of nitrogens with zero attached hydrogens (tertiary/aromatic N) is 4. The zero-order valence-electron chi connectivity index (χ0n) is 16.5. The minimum atomic E-state index is -0.280. The van der Waals surface area contributed by atoms with Crippen LogP contribution in [0.1, 0.15) is 28.8 Å². The standard InChI is InChI=1S/C22H25N5O2/c1-26(13-16-5-3-2-4-6-16)14-17-7-9-27(10-8-17)22(29)18-11-19-20(23-12-18)24-15-25-21(19)28/h2-6,11-12,15,17H,7-10,13-14H2,1H3,(H,23,24,25,28). The normalized spacial score (nSPS) is 15.2. The molecule has 1 aromatic carbocycles. The van der Waals surface area contributed by atoms with E-state index in [0.717, 1.165) is 39.0 Å². The van der Waals surface area contributed by atoms with Crippen molar-refractivity contribution >= 4 is 16.9 Å². The average Bonchev–Trinajstić information content (AvgIpc) is 2.74. The molecule has 29 heavy (non-hydrogen) atoms. The molecule has 3 heterocycles. The van der Waals surface area contributed by atoms with Gasteiger partial charge in [0.2, 0.25) is 0 Å². The fourth-order valence-corrected chi connectivity index (χ4v) is 3.98. The summed E-state index contributed by atoms with van der Waals surface area (Å²) in [6.45, 7) is 3.41. The largest absolute Gasteiger partial charge is 0.339 e. The van der Waals surface area contributed by atoms with Gasteiger partial charge in [-0.2, -0.15) is 0 Å². The third kappa shape index (κ3) is 4.51. The van der Waals surface area contributed by atoms with Gasteiger partial charge in [-0.1, -0.05) is 30.3 Å². The first-order valence-electron chi connectivity index (χ1n) is 9.95. The van der Waals surface area contributed by atoms with Crippen molar-refractivity contribution in [3.05, 3.63) is 70.4 Å². The van der Waals surface area contributed by atoms with Gasteiger partial charge in [0.25, 0.3) is 11.5 Å². The molecular weight excluding hydrogens is 366 g/mol. The fraction of sp³-hybridized carbons (Fsp3) is 0.364. The number of carbonyl (C=O) groups is 1. The lowest BCUT2D eigenvalue weighted by atomic mass is 9.95. The smallest absolute Gasteiger partial charge is 0.260 e. The Hall–Kier alpha value is -3.06. The van der Waals surface area contributed by atoms with Crippen LogP contribution in [-0.4, -0.2) is 57.3 Å². The summed E-state index contributed by atoms with van der Waals surface area (Å²) < 4.78 is 0. The molecule has 7 heteroatoms. The van der Waals surface area contributed by atoms with E-state index in [1.54, 1.807) is 6.07 Å². The van der Waals surface area contributed by atoms with Crippen molar-refractivity contribution in [1.29, 1.82) is 0 Å². The Bertz CT molecular complexity index is 1040. The van der Waals surface area contributed by atoms with Crippen LogP contribution in [0.5, 0.6) is 0 Å². The Morgan fingerprint density at radius 2 is 1.97 bits per heavy atom. The van der Waals surface area contributed by atoms with E-state index in [1.807, 2.05) is 11.0 Å². The van der Waals surface area contributed by atoms with Crippen molar-refractivity contribution in [1.82, 2.24) is 24.8 Å². The van der Waals surface area contributed by atoms with Crippen molar-refractivity contribution in [3.63, 3.8) is 0 Å². The Balaban J connectivity index is 1.34. The summed E-state index contributed by atoms with van der Waals surface area (Å²) in [7, 11) is 2.15. The van der Waals surface area contributed by atoms with E-state index in [-0.39, 0.29) is 11.5 Å². The number of hydrogen-bond acceptors (Lipinski definition) is 5. The zero-order valence-corrected chi connectivity index (χ0v) is 16.5. The fourth-order valence-electron chi connectivity index (χ4n) is 3.98. The summed E-state index contributed by atoms with van der Waals surface area (Å²) in [5, 5.41) is 0.343. The van der Waals surface area contributed by atoms with Gasteiger partial charge in [0.1, 0.15) is 0 Å². The van der Waals surface area contributed by atoms with Gasteiger partial charge in [-0.3, -0.25) is 9.59 Å². The van der Waals surface area contributed by atoms with Gasteiger partial charge in [-0.25, -0.2) is 9.97 Å². The Morgan fingerprint density at radius 3 is 2.72 bits per heavy atom. The molecule has 0 aliphatic carbocycles. The van der Waals surface area contributed by atoms with Gasteiger partial charge in [0, 0.05) is 32.4 Å². The number of H-pyrrole nitrogens is 1. The van der Waals surface area contributed by atoms with Crippen LogP contribution in [0.25, 0.3) is 11.0 Å². The van der Waals surface area contributed by atoms with Gasteiger partial charge in [0.05, 0.1) is 17.3 Å². The van der Waals surface area contributed by atoms with Crippen LogP contribution in [-0.2, 0) is 6.54 Å². The summed E-state index contributed by atoms with van der Waals surface area (Å²) in [4.78, 5) is 39.7. The van der Waals surface area contributed by atoms with Crippen LogP contribution < -0.4 is 5.56 Å². The molecular formula is C22H25N5O2. The molecule has 0 radical (unpaired) electrons. The van der Waals surface area contributed by atoms with E-state index in [4.69, 9.17) is 0 Å². The summed E-state index contributed by atoms with van der Waals surface area (Å²) in [5.41, 5.74) is 1.83. The van der Waals surface area contributed by atoms with Crippen molar-refractivity contribution < 1.29 is 4.79 Å². The summed E-state index contributed by atoms with van der Waals surface area (Å²) in [5.74, 6) is 0.508. The molecule has 1 aliphatic heterocycles. The lowest BCUT2D eigenvalue weighted by Crippen LogP contribution is -2.41. The lowest BCUT2D eigenvalue weighted by Gasteiger charge is -2.34. The molecule has 150 valence electrons. The van der Waals surface area contributed by atoms with Gasteiger partial charge < -0.3 is 14.8 Å². The zero-order chi connectivity index (χ0) is 20.2. The molecule has 0 saturated carbocycles. The number of piperidine rings is 1. The van der Waals surface area contributed by atoms with E-state index in [9.17, 15) is 9.59 Å². The second-order valence-electron chi connectivity index (χ2n) is 7.74. The third-order valence-electron chi connectivity index (χ3n) is 5.51. The van der Waals surface area contributed by atoms with Crippen LogP contribution in [0.2, 0.25) is 0 Å². The van der Waals surface area contributed by atoms with Gasteiger partial charge >= 0.3 is 0 Å². The minimum Gasteiger partial charge on any atom is -0.339 e. The molecule has 2 aromatic heterocycles. The van der Waals surface area contributed by atoms with Crippen LogP contribution in [0.4, 0.5) is 0 Å². The quantitative estimate of drug-likeness (QED) is 0.722. The topological polar surface area (TPSA) is 82.2 Å². The van der Waals surface area contributed by atoms with Gasteiger partial charge in [-0.15, -0.1) is 0 Å². The highest BCUT2D eigenvalue weighted by Gasteiger charge is 2.25. The number of pyridine rings is 1. The predicted molar refractivity (Wildman–Crippen MR) is 112 cm³/mol. The van der Waals surface area contributed by atoms with Gasteiger partial charge in [-0.05, 0) is 37.4 Å². The number of benzene rings is 1. The maximum absolute atomic E-state index is 12.9. The molecule has 1 fully saturated rings. The molecule has 1 aliphatic rings. The number of fused-ring (bicyclic) bond motifs is 1. The Kier molecular flexibility index (Phi) is 5.67. The molecule has 3 aromatic rings. The van der Waals surface area contributed by atoms with E-state index in [1.165, 1.54) is 18.1 Å². The Labute approximate surface area is 169 Å². The van der Waals surface area contributed by atoms with Crippen LogP contribution in [0.3, 0.4) is 0 Å². The van der Waals surface area contributed by atoms with Crippen LogP contribution in [0, 0.1) is 5.92 Å². The van der Waals surface area contributed by atoms with Crippen LogP contribution >= 0.6 is 0 Å². The minimum absolute atomic E-state index is 0.0706. The highest BCUT2D eigenvalue weighted by atomic mass is 16.2. The predicted octanol–water partition coefficient (Wildman–Crippen LogP) is 2.30. The van der Waals surface area contributed by atoms with E-state index in [2.05, 4.69) is 51.2 Å². The Morgan fingerprint density at radius 1 is 1.21 bits per heavy atom. The molecule has 1 N–H and O–H groups in total. The number of likely N-dealkylation sites (tertiary alicyclic amines) is 1. The van der Waals surface area contributed by atoms with Gasteiger partial charge in [0.15, 0.2) is 5.65 Å². The van der Waals surface area contributed by atoms with Crippen molar-refractivity contribution in [2.75, 3.05) is 26.7 Å².